The van der Waals surface area contributed by atoms with Crippen LogP contribution < -0.4 is 4.74 Å². The average Bonchev–Trinajstić information content (AvgIpc) is 3.12. The number of benzene rings is 2. The number of fused-ring (bicyclic) bond motifs is 3. The molecule has 0 bridgehead atoms. The zero-order chi connectivity index (χ0) is 20.5. The van der Waals surface area contributed by atoms with Gasteiger partial charge in [0.1, 0.15) is 11.5 Å². The molecule has 150 valence electrons. The molecule has 0 radical (unpaired) electrons. The van der Waals surface area contributed by atoms with Crippen molar-refractivity contribution in [2.45, 2.75) is 39.3 Å². The lowest BCUT2D eigenvalue weighted by Gasteiger charge is -2.31. The van der Waals surface area contributed by atoms with Gasteiger partial charge in [-0.2, -0.15) is 0 Å². The van der Waals surface area contributed by atoms with Crippen LogP contribution >= 0.6 is 15.9 Å². The molecule has 0 amide bonds. The van der Waals surface area contributed by atoms with Crippen molar-refractivity contribution < 1.29 is 9.47 Å². The van der Waals surface area contributed by atoms with Crippen LogP contribution in [0.4, 0.5) is 0 Å². The van der Waals surface area contributed by atoms with E-state index in [1.165, 1.54) is 22.2 Å². The van der Waals surface area contributed by atoms with Crippen molar-refractivity contribution in [1.29, 1.82) is 0 Å². The lowest BCUT2D eigenvalue weighted by atomic mass is 10.0. The van der Waals surface area contributed by atoms with E-state index in [-0.39, 0.29) is 6.23 Å². The van der Waals surface area contributed by atoms with Gasteiger partial charge in [-0.1, -0.05) is 54.9 Å². The van der Waals surface area contributed by atoms with Gasteiger partial charge in [0.2, 0.25) is 6.23 Å². The van der Waals surface area contributed by atoms with Gasteiger partial charge in [0, 0.05) is 21.0 Å². The van der Waals surface area contributed by atoms with Crippen molar-refractivity contribution in [2.75, 3.05) is 7.11 Å². The van der Waals surface area contributed by atoms with Crippen LogP contribution in [0.1, 0.15) is 49.7 Å². The number of nitrogens with zero attached hydrogens (tertiary/aromatic N) is 1. The SMILES string of the molecule is C=CC1=C(CCC)c2cc3cc(Br)ccc3n2C(c2ccc(CC)c(OC)c2)O1. The van der Waals surface area contributed by atoms with Crippen molar-refractivity contribution in [3.05, 3.63) is 82.2 Å². The Morgan fingerprint density at radius 3 is 2.69 bits per heavy atom. The van der Waals surface area contributed by atoms with Gasteiger partial charge in [0.15, 0.2) is 0 Å². The summed E-state index contributed by atoms with van der Waals surface area (Å²) in [6, 6.07) is 15.0. The summed E-state index contributed by atoms with van der Waals surface area (Å²) in [6.45, 7) is 8.35. The first-order valence-electron chi connectivity index (χ1n) is 10.1. The Kier molecular flexibility index (Phi) is 5.55. The molecule has 2 heterocycles. The second kappa shape index (κ2) is 8.11. The largest absolute Gasteiger partial charge is 0.496 e. The van der Waals surface area contributed by atoms with Crippen LogP contribution in [0, 0.1) is 0 Å². The number of halogens is 1. The Balaban J connectivity index is 1.96. The van der Waals surface area contributed by atoms with Crippen LogP contribution in [0.5, 0.6) is 5.75 Å². The summed E-state index contributed by atoms with van der Waals surface area (Å²) >= 11 is 3.61. The standard InChI is InChI=1S/C25H26BrNO2/c1-5-8-20-22-14-18-13-19(26)11-12-21(18)27(22)25(29-23(20)7-3)17-10-9-16(6-2)24(15-17)28-4/h7,9-15,25H,3,5-6,8H2,1-2,4H3. The third kappa shape index (κ3) is 3.40. The number of rotatable bonds is 6. The predicted octanol–water partition coefficient (Wildman–Crippen LogP) is 7.25. The molecular weight excluding hydrogens is 426 g/mol. The van der Waals surface area contributed by atoms with Gasteiger partial charge in [-0.3, -0.25) is 0 Å². The molecule has 29 heavy (non-hydrogen) atoms. The summed E-state index contributed by atoms with van der Waals surface area (Å²) in [5, 5.41) is 1.19. The van der Waals surface area contributed by atoms with Crippen molar-refractivity contribution in [3.8, 4) is 5.75 Å². The molecule has 1 aromatic heterocycles. The number of hydrogen-bond donors (Lipinski definition) is 0. The summed E-state index contributed by atoms with van der Waals surface area (Å²) in [5.74, 6) is 1.77. The summed E-state index contributed by atoms with van der Waals surface area (Å²) in [4.78, 5) is 0. The highest BCUT2D eigenvalue weighted by atomic mass is 79.9. The van der Waals surface area contributed by atoms with E-state index in [0.717, 1.165) is 46.3 Å². The molecule has 2 aromatic carbocycles. The fourth-order valence-corrected chi connectivity index (χ4v) is 4.54. The van der Waals surface area contributed by atoms with Crippen molar-refractivity contribution in [2.24, 2.45) is 0 Å². The monoisotopic (exact) mass is 451 g/mol. The molecule has 0 saturated heterocycles. The Hall–Kier alpha value is -2.46. The summed E-state index contributed by atoms with van der Waals surface area (Å²) < 4.78 is 15.6. The number of aryl methyl sites for hydroxylation is 1. The molecule has 1 unspecified atom stereocenters. The Bertz CT molecular complexity index is 1110. The zero-order valence-electron chi connectivity index (χ0n) is 17.2. The second-order valence-electron chi connectivity index (χ2n) is 7.29. The normalized spacial score (nSPS) is 15.9. The van der Waals surface area contributed by atoms with E-state index in [2.05, 4.69) is 83.4 Å². The number of allylic oxidation sites excluding steroid dienone is 2. The summed E-state index contributed by atoms with van der Waals surface area (Å²) in [7, 11) is 1.72. The van der Waals surface area contributed by atoms with Crippen LogP contribution in [-0.4, -0.2) is 11.7 Å². The Morgan fingerprint density at radius 2 is 2.00 bits per heavy atom. The summed E-state index contributed by atoms with van der Waals surface area (Å²) in [5.41, 5.74) is 5.83. The maximum atomic E-state index is 6.54. The number of hydrogen-bond acceptors (Lipinski definition) is 2. The average molecular weight is 452 g/mol. The lowest BCUT2D eigenvalue weighted by Crippen LogP contribution is -2.21. The molecule has 4 heteroatoms. The predicted molar refractivity (Wildman–Crippen MR) is 123 cm³/mol. The molecule has 0 aliphatic carbocycles. The zero-order valence-corrected chi connectivity index (χ0v) is 18.8. The lowest BCUT2D eigenvalue weighted by molar-refractivity contribution is 0.0959. The second-order valence-corrected chi connectivity index (χ2v) is 8.21. The van der Waals surface area contributed by atoms with Crippen molar-refractivity contribution in [1.82, 2.24) is 4.57 Å². The first-order chi connectivity index (χ1) is 14.1. The highest BCUT2D eigenvalue weighted by Gasteiger charge is 2.30. The van der Waals surface area contributed by atoms with E-state index in [1.807, 2.05) is 6.08 Å². The third-order valence-corrected chi connectivity index (χ3v) is 6.04. The molecule has 0 saturated carbocycles. The first kappa shape index (κ1) is 19.8. The van der Waals surface area contributed by atoms with Gasteiger partial charge < -0.3 is 14.0 Å². The molecule has 0 spiro atoms. The molecular formula is C25H26BrNO2. The first-order valence-corrected chi connectivity index (χ1v) is 10.9. The van der Waals surface area contributed by atoms with Gasteiger partial charge in [0.05, 0.1) is 18.3 Å². The minimum absolute atomic E-state index is 0.267. The molecule has 3 aromatic rings. The van der Waals surface area contributed by atoms with Gasteiger partial charge in [-0.15, -0.1) is 0 Å². The van der Waals surface area contributed by atoms with E-state index in [4.69, 9.17) is 9.47 Å². The van der Waals surface area contributed by atoms with Gasteiger partial charge >= 0.3 is 0 Å². The van der Waals surface area contributed by atoms with E-state index >= 15 is 0 Å². The topological polar surface area (TPSA) is 23.4 Å². The van der Waals surface area contributed by atoms with E-state index < -0.39 is 0 Å². The van der Waals surface area contributed by atoms with Gasteiger partial charge in [0.25, 0.3) is 0 Å². The van der Waals surface area contributed by atoms with Crippen molar-refractivity contribution in [3.63, 3.8) is 0 Å². The fourth-order valence-electron chi connectivity index (χ4n) is 4.16. The van der Waals surface area contributed by atoms with E-state index in [0.29, 0.717) is 0 Å². The highest BCUT2D eigenvalue weighted by Crippen LogP contribution is 2.42. The van der Waals surface area contributed by atoms with Crippen LogP contribution in [0.2, 0.25) is 0 Å². The molecule has 1 aliphatic rings. The molecule has 1 aliphatic heterocycles. The quantitative estimate of drug-likeness (QED) is 0.393. The van der Waals surface area contributed by atoms with E-state index in [1.54, 1.807) is 7.11 Å². The van der Waals surface area contributed by atoms with E-state index in [9.17, 15) is 0 Å². The molecule has 1 atom stereocenters. The Morgan fingerprint density at radius 1 is 1.17 bits per heavy atom. The molecule has 0 fully saturated rings. The number of aromatic nitrogens is 1. The third-order valence-electron chi connectivity index (χ3n) is 5.54. The van der Waals surface area contributed by atoms with Crippen LogP contribution in [0.15, 0.2) is 65.4 Å². The molecule has 3 nitrogen and oxygen atoms in total. The van der Waals surface area contributed by atoms with Crippen LogP contribution in [0.25, 0.3) is 16.5 Å². The van der Waals surface area contributed by atoms with Crippen LogP contribution in [0.3, 0.4) is 0 Å². The van der Waals surface area contributed by atoms with Gasteiger partial charge in [-0.05, 0) is 54.8 Å². The number of methoxy groups -OCH3 is 1. The highest BCUT2D eigenvalue weighted by molar-refractivity contribution is 9.10. The molecule has 0 N–H and O–H groups in total. The maximum absolute atomic E-state index is 6.54. The Labute approximate surface area is 180 Å². The molecule has 4 rings (SSSR count). The fraction of sp³-hybridized carbons (Fsp3) is 0.280. The van der Waals surface area contributed by atoms with Gasteiger partial charge in [-0.25, -0.2) is 0 Å². The van der Waals surface area contributed by atoms with Crippen LogP contribution in [-0.2, 0) is 11.2 Å². The van der Waals surface area contributed by atoms with Crippen molar-refractivity contribution >= 4 is 32.4 Å². The maximum Gasteiger partial charge on any atom is 0.203 e. The smallest absolute Gasteiger partial charge is 0.203 e. The minimum Gasteiger partial charge on any atom is -0.496 e. The summed E-state index contributed by atoms with van der Waals surface area (Å²) in [6.07, 6.45) is 4.50. The minimum atomic E-state index is -0.267. The number of ether oxygens (including phenoxy) is 2.